The highest BCUT2D eigenvalue weighted by Gasteiger charge is 2.16. The van der Waals surface area contributed by atoms with E-state index in [0.717, 1.165) is 34.0 Å². The van der Waals surface area contributed by atoms with Crippen molar-refractivity contribution in [1.29, 1.82) is 0 Å². The van der Waals surface area contributed by atoms with Crippen molar-refractivity contribution in [3.05, 3.63) is 75.5 Å². The molecular formula is C19H16Cl2N6. The lowest BCUT2D eigenvalue weighted by Gasteiger charge is -2.05. The van der Waals surface area contributed by atoms with Crippen LogP contribution in [0.4, 0.5) is 0 Å². The van der Waals surface area contributed by atoms with Gasteiger partial charge in [-0.15, -0.1) is 0 Å². The van der Waals surface area contributed by atoms with Crippen LogP contribution in [0, 0.1) is 13.8 Å². The first-order valence-corrected chi connectivity index (χ1v) is 9.11. The lowest BCUT2D eigenvalue weighted by atomic mass is 10.1. The SMILES string of the molecule is Cc1nn(-c2cc(Cc3[nH]nc(-c4ccccc4)c3Cl)ncn2)c(C)c1Cl. The predicted molar refractivity (Wildman–Crippen MR) is 105 cm³/mol. The van der Waals surface area contributed by atoms with E-state index in [1.54, 1.807) is 4.68 Å². The van der Waals surface area contributed by atoms with Crippen LogP contribution in [0.1, 0.15) is 22.8 Å². The van der Waals surface area contributed by atoms with E-state index >= 15 is 0 Å². The number of nitrogens with zero attached hydrogens (tertiary/aromatic N) is 5. The van der Waals surface area contributed by atoms with Crippen molar-refractivity contribution in [3.8, 4) is 17.1 Å². The third-order valence-corrected chi connectivity index (χ3v) is 5.26. The van der Waals surface area contributed by atoms with Gasteiger partial charge in [0.2, 0.25) is 0 Å². The number of halogens is 2. The Morgan fingerprint density at radius 1 is 1.04 bits per heavy atom. The summed E-state index contributed by atoms with van der Waals surface area (Å²) in [6.07, 6.45) is 2.01. The quantitative estimate of drug-likeness (QED) is 0.546. The number of aryl methyl sites for hydroxylation is 1. The van der Waals surface area contributed by atoms with Crippen molar-refractivity contribution in [2.75, 3.05) is 0 Å². The summed E-state index contributed by atoms with van der Waals surface area (Å²) < 4.78 is 1.72. The lowest BCUT2D eigenvalue weighted by molar-refractivity contribution is 0.793. The molecule has 8 heteroatoms. The van der Waals surface area contributed by atoms with Gasteiger partial charge >= 0.3 is 0 Å². The molecule has 1 aromatic carbocycles. The summed E-state index contributed by atoms with van der Waals surface area (Å²) in [7, 11) is 0. The van der Waals surface area contributed by atoms with E-state index in [1.807, 2.05) is 50.2 Å². The van der Waals surface area contributed by atoms with Gasteiger partial charge in [-0.3, -0.25) is 5.10 Å². The molecule has 0 spiro atoms. The molecule has 0 amide bonds. The van der Waals surface area contributed by atoms with Crippen molar-refractivity contribution in [2.45, 2.75) is 20.3 Å². The molecule has 6 nitrogen and oxygen atoms in total. The van der Waals surface area contributed by atoms with E-state index in [9.17, 15) is 0 Å². The standard InChI is InChI=1S/C19H16Cl2N6/c1-11-17(20)12(2)27(26-11)16-9-14(22-10-23-16)8-15-18(21)19(25-24-15)13-6-4-3-5-7-13/h3-7,9-10H,8H2,1-2H3,(H,24,25). The minimum Gasteiger partial charge on any atom is -0.280 e. The van der Waals surface area contributed by atoms with Gasteiger partial charge in [0, 0.05) is 18.1 Å². The third-order valence-electron chi connectivity index (χ3n) is 4.31. The zero-order valence-electron chi connectivity index (χ0n) is 14.7. The summed E-state index contributed by atoms with van der Waals surface area (Å²) >= 11 is 12.8. The predicted octanol–water partition coefficient (Wildman–Crippen LogP) is 4.57. The molecule has 1 N–H and O–H groups in total. The minimum absolute atomic E-state index is 0.501. The first-order valence-electron chi connectivity index (χ1n) is 8.35. The van der Waals surface area contributed by atoms with Crippen molar-refractivity contribution >= 4 is 23.2 Å². The Hall–Kier alpha value is -2.70. The van der Waals surface area contributed by atoms with Gasteiger partial charge in [-0.2, -0.15) is 10.2 Å². The van der Waals surface area contributed by atoms with Gasteiger partial charge in [0.25, 0.3) is 0 Å². The molecule has 0 unspecified atom stereocenters. The van der Waals surface area contributed by atoms with Crippen LogP contribution in [0.5, 0.6) is 0 Å². The number of hydrogen-bond acceptors (Lipinski definition) is 4. The van der Waals surface area contributed by atoms with Gasteiger partial charge in [-0.1, -0.05) is 53.5 Å². The summed E-state index contributed by atoms with van der Waals surface area (Å²) in [5.41, 5.74) is 4.89. The molecule has 3 aromatic heterocycles. The monoisotopic (exact) mass is 398 g/mol. The van der Waals surface area contributed by atoms with Gasteiger partial charge in [-0.05, 0) is 13.8 Å². The van der Waals surface area contributed by atoms with E-state index in [0.29, 0.717) is 22.3 Å². The molecule has 0 saturated heterocycles. The maximum atomic E-state index is 6.54. The van der Waals surface area contributed by atoms with Crippen LogP contribution < -0.4 is 0 Å². The smallest absolute Gasteiger partial charge is 0.157 e. The molecule has 0 atom stereocenters. The Bertz CT molecular complexity index is 1100. The average molecular weight is 399 g/mol. The van der Waals surface area contributed by atoms with Crippen LogP contribution in [0.3, 0.4) is 0 Å². The van der Waals surface area contributed by atoms with Crippen LogP contribution in [-0.2, 0) is 6.42 Å². The summed E-state index contributed by atoms with van der Waals surface area (Å²) in [5.74, 6) is 0.659. The summed E-state index contributed by atoms with van der Waals surface area (Å²) in [4.78, 5) is 8.66. The Balaban J connectivity index is 1.65. The Kier molecular flexibility index (Phi) is 4.68. The summed E-state index contributed by atoms with van der Waals surface area (Å²) in [6.45, 7) is 3.77. The number of benzene rings is 1. The van der Waals surface area contributed by atoms with Crippen molar-refractivity contribution < 1.29 is 0 Å². The highest BCUT2D eigenvalue weighted by molar-refractivity contribution is 6.33. The maximum Gasteiger partial charge on any atom is 0.157 e. The highest BCUT2D eigenvalue weighted by Crippen LogP contribution is 2.29. The highest BCUT2D eigenvalue weighted by atomic mass is 35.5. The summed E-state index contributed by atoms with van der Waals surface area (Å²) in [5, 5.41) is 13.0. The molecule has 3 heterocycles. The first kappa shape index (κ1) is 17.7. The van der Waals surface area contributed by atoms with Gasteiger partial charge < -0.3 is 0 Å². The van der Waals surface area contributed by atoms with Gasteiger partial charge in [0.05, 0.1) is 32.8 Å². The van der Waals surface area contributed by atoms with Gasteiger partial charge in [0.15, 0.2) is 5.82 Å². The Morgan fingerprint density at radius 3 is 2.52 bits per heavy atom. The van der Waals surface area contributed by atoms with Crippen LogP contribution in [-0.4, -0.2) is 29.9 Å². The zero-order valence-corrected chi connectivity index (χ0v) is 16.3. The van der Waals surface area contributed by atoms with Gasteiger partial charge in [-0.25, -0.2) is 14.6 Å². The molecule has 0 bridgehead atoms. The molecule has 0 aliphatic rings. The van der Waals surface area contributed by atoms with Crippen molar-refractivity contribution in [1.82, 2.24) is 29.9 Å². The van der Waals surface area contributed by atoms with E-state index in [4.69, 9.17) is 23.2 Å². The van der Waals surface area contributed by atoms with Gasteiger partial charge in [0.1, 0.15) is 12.0 Å². The van der Waals surface area contributed by atoms with E-state index in [1.165, 1.54) is 6.33 Å². The fourth-order valence-electron chi connectivity index (χ4n) is 2.89. The number of H-pyrrole nitrogens is 1. The van der Waals surface area contributed by atoms with E-state index < -0.39 is 0 Å². The normalized spacial score (nSPS) is 11.1. The molecule has 0 radical (unpaired) electrons. The molecule has 136 valence electrons. The van der Waals surface area contributed by atoms with Crippen molar-refractivity contribution in [3.63, 3.8) is 0 Å². The van der Waals surface area contributed by atoms with Crippen LogP contribution >= 0.6 is 23.2 Å². The lowest BCUT2D eigenvalue weighted by Crippen LogP contribution is -2.04. The Morgan fingerprint density at radius 2 is 1.81 bits per heavy atom. The molecule has 0 saturated carbocycles. The summed E-state index contributed by atoms with van der Waals surface area (Å²) in [6, 6.07) is 11.7. The first-order chi connectivity index (χ1) is 13.0. The topological polar surface area (TPSA) is 72.3 Å². The largest absolute Gasteiger partial charge is 0.280 e. The Labute approximate surface area is 166 Å². The molecule has 0 aliphatic carbocycles. The number of aromatic nitrogens is 6. The number of nitrogens with one attached hydrogen (secondary N) is 1. The van der Waals surface area contributed by atoms with Crippen molar-refractivity contribution in [2.24, 2.45) is 0 Å². The second kappa shape index (κ2) is 7.13. The second-order valence-electron chi connectivity index (χ2n) is 6.17. The zero-order chi connectivity index (χ0) is 19.0. The number of rotatable bonds is 4. The number of hydrogen-bond donors (Lipinski definition) is 1. The fourth-order valence-corrected chi connectivity index (χ4v) is 3.27. The average Bonchev–Trinajstić information content (AvgIpc) is 3.17. The second-order valence-corrected chi connectivity index (χ2v) is 6.93. The molecule has 4 rings (SSSR count). The van der Waals surface area contributed by atoms with Crippen LogP contribution in [0.25, 0.3) is 17.1 Å². The molecule has 0 fully saturated rings. The number of aromatic amines is 1. The molecule has 4 aromatic rings. The molecule has 27 heavy (non-hydrogen) atoms. The van der Waals surface area contributed by atoms with Crippen LogP contribution in [0.15, 0.2) is 42.7 Å². The van der Waals surface area contributed by atoms with E-state index in [2.05, 4.69) is 25.3 Å². The molecule has 0 aliphatic heterocycles. The third kappa shape index (κ3) is 3.34. The maximum absolute atomic E-state index is 6.54. The molecular weight excluding hydrogens is 383 g/mol. The fraction of sp³-hybridized carbons (Fsp3) is 0.158. The van der Waals surface area contributed by atoms with E-state index in [-0.39, 0.29) is 0 Å². The minimum atomic E-state index is 0.501. The van der Waals surface area contributed by atoms with Crippen LogP contribution in [0.2, 0.25) is 10.0 Å².